The van der Waals surface area contributed by atoms with Crippen LogP contribution in [0, 0.1) is 11.8 Å². The van der Waals surface area contributed by atoms with Crippen LogP contribution in [-0.2, 0) is 4.74 Å². The Morgan fingerprint density at radius 1 is 1.30 bits per heavy atom. The van der Waals surface area contributed by atoms with E-state index < -0.39 is 0 Å². The first-order valence-corrected chi connectivity index (χ1v) is 8.35. The minimum Gasteiger partial charge on any atom is -0.383 e. The molecule has 0 aromatic rings. The first-order chi connectivity index (χ1) is 9.30. The van der Waals surface area contributed by atoms with Crippen LogP contribution in [0.15, 0.2) is 0 Å². The molecule has 1 aliphatic heterocycles. The predicted octanol–water partition coefficient (Wildman–Crippen LogP) is 3.66. The zero-order valence-corrected chi connectivity index (χ0v) is 14.1. The third kappa shape index (κ3) is 3.09. The third-order valence-electron chi connectivity index (χ3n) is 5.82. The van der Waals surface area contributed by atoms with E-state index in [0.29, 0.717) is 6.04 Å². The van der Waals surface area contributed by atoms with Crippen LogP contribution in [0.1, 0.15) is 59.8 Å². The molecule has 0 spiro atoms. The lowest BCUT2D eigenvalue weighted by Crippen LogP contribution is -2.62. The highest BCUT2D eigenvalue weighted by molar-refractivity contribution is 6.14. The van der Waals surface area contributed by atoms with Crippen molar-refractivity contribution in [1.29, 1.82) is 0 Å². The summed E-state index contributed by atoms with van der Waals surface area (Å²) in [4.78, 5) is 2.68. The van der Waals surface area contributed by atoms with Crippen LogP contribution in [0.2, 0.25) is 5.31 Å². The molecular formula is C17H32BNO. The van der Waals surface area contributed by atoms with Gasteiger partial charge in [-0.15, -0.1) is 0 Å². The molecule has 3 heteroatoms. The summed E-state index contributed by atoms with van der Waals surface area (Å²) < 4.78 is 5.63. The van der Waals surface area contributed by atoms with Gasteiger partial charge in [-0.05, 0) is 52.0 Å². The van der Waals surface area contributed by atoms with E-state index in [2.05, 4.69) is 32.6 Å². The maximum absolute atomic E-state index is 6.50. The molecule has 4 unspecified atom stereocenters. The number of methoxy groups -OCH3 is 1. The van der Waals surface area contributed by atoms with Gasteiger partial charge in [-0.3, -0.25) is 4.90 Å². The zero-order valence-electron chi connectivity index (χ0n) is 14.1. The molecule has 0 N–H and O–H groups in total. The molecule has 4 atom stereocenters. The van der Waals surface area contributed by atoms with Crippen molar-refractivity contribution in [3.63, 3.8) is 0 Å². The van der Waals surface area contributed by atoms with E-state index in [4.69, 9.17) is 12.6 Å². The van der Waals surface area contributed by atoms with Gasteiger partial charge in [-0.1, -0.05) is 31.5 Å². The van der Waals surface area contributed by atoms with Gasteiger partial charge in [-0.25, -0.2) is 0 Å². The van der Waals surface area contributed by atoms with E-state index in [0.717, 1.165) is 18.4 Å². The summed E-state index contributed by atoms with van der Waals surface area (Å²) in [6, 6.07) is 0.587. The zero-order chi connectivity index (χ0) is 15.0. The summed E-state index contributed by atoms with van der Waals surface area (Å²) in [6.07, 6.45) is 6.22. The van der Waals surface area contributed by atoms with Crippen LogP contribution >= 0.6 is 0 Å². The van der Waals surface area contributed by atoms with Gasteiger partial charge >= 0.3 is 0 Å². The second-order valence-electron chi connectivity index (χ2n) is 7.98. The monoisotopic (exact) mass is 277 g/mol. The molecule has 0 aromatic carbocycles. The Morgan fingerprint density at radius 3 is 2.60 bits per heavy atom. The average Bonchev–Trinajstić information content (AvgIpc) is 2.47. The largest absolute Gasteiger partial charge is 0.383 e. The van der Waals surface area contributed by atoms with Crippen molar-refractivity contribution in [2.24, 2.45) is 11.8 Å². The number of nitrogens with zero attached hydrogens (tertiary/aromatic N) is 1. The summed E-state index contributed by atoms with van der Waals surface area (Å²) >= 11 is 0. The Balaban J connectivity index is 2.27. The number of likely N-dealkylation sites (tertiary alicyclic amines) is 1. The normalized spacial score (nSPS) is 43.3. The molecule has 2 aliphatic rings. The highest BCUT2D eigenvalue weighted by Crippen LogP contribution is 2.51. The minimum atomic E-state index is 0.0351. The maximum atomic E-state index is 6.50. The summed E-state index contributed by atoms with van der Waals surface area (Å²) in [5, 5.41) is 0.0351. The second kappa shape index (κ2) is 6.00. The van der Waals surface area contributed by atoms with Crippen molar-refractivity contribution >= 4 is 7.85 Å². The van der Waals surface area contributed by atoms with Crippen molar-refractivity contribution in [1.82, 2.24) is 4.90 Å². The van der Waals surface area contributed by atoms with E-state index in [1.807, 2.05) is 7.11 Å². The number of hydrogen-bond acceptors (Lipinski definition) is 2. The summed E-state index contributed by atoms with van der Waals surface area (Å²) in [5.41, 5.74) is 0.173. The molecule has 20 heavy (non-hydrogen) atoms. The number of hydrogen-bond donors (Lipinski definition) is 0. The van der Waals surface area contributed by atoms with Crippen LogP contribution in [0.5, 0.6) is 0 Å². The highest BCUT2D eigenvalue weighted by Gasteiger charge is 2.49. The molecule has 2 fully saturated rings. The Hall–Kier alpha value is -0.0151. The van der Waals surface area contributed by atoms with E-state index in [1.54, 1.807) is 0 Å². The highest BCUT2D eigenvalue weighted by atomic mass is 16.5. The van der Waals surface area contributed by atoms with E-state index in [9.17, 15) is 0 Å². The van der Waals surface area contributed by atoms with Crippen molar-refractivity contribution in [2.45, 2.75) is 76.7 Å². The van der Waals surface area contributed by atoms with E-state index in [1.165, 1.54) is 38.6 Å². The van der Waals surface area contributed by atoms with Crippen LogP contribution < -0.4 is 0 Å². The molecule has 2 nitrogen and oxygen atoms in total. The Labute approximate surface area is 127 Å². The van der Waals surface area contributed by atoms with Gasteiger partial charge in [-0.2, -0.15) is 0 Å². The number of ether oxygens (including phenoxy) is 1. The molecule has 0 bridgehead atoms. The molecule has 114 valence electrons. The van der Waals surface area contributed by atoms with E-state index >= 15 is 0 Å². The Morgan fingerprint density at radius 2 is 2.00 bits per heavy atom. The van der Waals surface area contributed by atoms with Crippen LogP contribution in [-0.4, -0.2) is 44.6 Å². The van der Waals surface area contributed by atoms with Gasteiger partial charge in [0.2, 0.25) is 0 Å². The van der Waals surface area contributed by atoms with Crippen LogP contribution in [0.25, 0.3) is 0 Å². The standard InChI is InChI=1S/C17H32BNO/c1-13(2)19-10-8-14-11-16(3,18)9-6-7-15(14)17(19,4)12-20-5/h13-15H,6-12H2,1-5H3. The molecule has 2 rings (SSSR count). The van der Waals surface area contributed by atoms with Crippen molar-refractivity contribution in [3.8, 4) is 0 Å². The summed E-state index contributed by atoms with van der Waals surface area (Å²) in [5.74, 6) is 1.49. The molecule has 2 radical (unpaired) electrons. The van der Waals surface area contributed by atoms with Crippen molar-refractivity contribution in [2.75, 3.05) is 20.3 Å². The number of piperidine rings is 1. The summed E-state index contributed by atoms with van der Waals surface area (Å²) in [6.45, 7) is 11.3. The van der Waals surface area contributed by atoms with Gasteiger partial charge < -0.3 is 4.74 Å². The molecule has 0 aromatic heterocycles. The van der Waals surface area contributed by atoms with Gasteiger partial charge in [0.15, 0.2) is 0 Å². The van der Waals surface area contributed by atoms with Crippen LogP contribution in [0.3, 0.4) is 0 Å². The molecule has 1 aliphatic carbocycles. The predicted molar refractivity (Wildman–Crippen MR) is 86.3 cm³/mol. The minimum absolute atomic E-state index is 0.0351. The Kier molecular flexibility index (Phi) is 4.91. The molecular weight excluding hydrogens is 245 g/mol. The quantitative estimate of drug-likeness (QED) is 0.730. The lowest BCUT2D eigenvalue weighted by Gasteiger charge is -2.55. The van der Waals surface area contributed by atoms with Gasteiger partial charge in [0, 0.05) is 18.7 Å². The third-order valence-corrected chi connectivity index (χ3v) is 5.82. The van der Waals surface area contributed by atoms with Gasteiger partial charge in [0.05, 0.1) is 14.5 Å². The SMILES string of the molecule is [B]C1(C)CCCC2C(CCN(C(C)C)C2(C)COC)C1. The molecule has 1 saturated heterocycles. The second-order valence-corrected chi connectivity index (χ2v) is 7.98. The molecule has 1 heterocycles. The molecule has 1 saturated carbocycles. The van der Waals surface area contributed by atoms with Crippen molar-refractivity contribution in [3.05, 3.63) is 0 Å². The van der Waals surface area contributed by atoms with Gasteiger partial charge in [0.1, 0.15) is 0 Å². The summed E-state index contributed by atoms with van der Waals surface area (Å²) in [7, 11) is 8.34. The lowest BCUT2D eigenvalue weighted by atomic mass is 9.61. The van der Waals surface area contributed by atoms with E-state index in [-0.39, 0.29) is 10.9 Å². The number of rotatable bonds is 3. The maximum Gasteiger partial charge on any atom is 0.0742 e. The van der Waals surface area contributed by atoms with Crippen LogP contribution in [0.4, 0.5) is 0 Å². The number of fused-ring (bicyclic) bond motifs is 1. The fourth-order valence-electron chi connectivity index (χ4n) is 5.03. The fraction of sp³-hybridized carbons (Fsp3) is 1.00. The van der Waals surface area contributed by atoms with Gasteiger partial charge in [0.25, 0.3) is 0 Å². The Bertz CT molecular complexity index is 331. The average molecular weight is 277 g/mol. The topological polar surface area (TPSA) is 12.5 Å². The smallest absolute Gasteiger partial charge is 0.0742 e. The first kappa shape index (κ1) is 16.4. The first-order valence-electron chi connectivity index (χ1n) is 8.35. The van der Waals surface area contributed by atoms with Crippen molar-refractivity contribution < 1.29 is 4.74 Å². The fourth-order valence-corrected chi connectivity index (χ4v) is 5.03. The molecule has 0 amide bonds. The lowest BCUT2D eigenvalue weighted by molar-refractivity contribution is -0.0875.